The number of hydrogen-bond donors (Lipinski definition) is 3. The van der Waals surface area contributed by atoms with Crippen LogP contribution in [0.3, 0.4) is 0 Å². The van der Waals surface area contributed by atoms with Gasteiger partial charge in [-0.25, -0.2) is 59.8 Å². The first kappa shape index (κ1) is 108. The van der Waals surface area contributed by atoms with E-state index in [0.29, 0.717) is 105 Å². The van der Waals surface area contributed by atoms with E-state index in [4.69, 9.17) is 124 Å². The van der Waals surface area contributed by atoms with E-state index in [2.05, 4.69) is 153 Å². The standard InChI is InChI=1S/C49H61N11O7P2S2Si.C48H60N12O7P2S2Si/c1-11-23-57(45(61)33-19-15-13-16-20-33)41-38-43(52-27-50-41)59(29-54-38)47-32(4)37(36(66-47)25-63-68-70)56-69(8,71)64-26-35-31(3)40(67-72(9,10)49(5,6)7)48(65-35)60-30-55-39-42(51-28-53-44(39)60)58(24-12-2)46(62)34-21-17-14-18-22-34;1-10-22-57(44(61)31-18-14-12-15-19-31)40-37-42(52-26-50-40)59(28-54-37)46-30(3)36(34(66-46)24-63-68-70)56-69(7,71)64-25-33-35(49)39(67-72(8,9)48(4,5)6)47(65-33)60-29-55-38-41(51-27-53-43(38)60)58(23-11-2)45(62)32-20-16-13-17-21-32/h11-22,27-32,35-37,40,47-48H,1-2,23-26H2,3-10H3,(H,56,71);10-21,26-30,33-36,39,46-47H,1-2,22-25,49H2,3-9H3,(H,56,71)/t31-,32-,35-,36-,37+,40-,47?,48-,69?;30-,33-,34-,35-,36+,39-,46?,47-,69?/m11/s1. The molecule has 4 N–H and O–H groups in total. The summed E-state index contributed by atoms with van der Waals surface area (Å²) in [5, 5.41) is 7.05. The summed E-state index contributed by atoms with van der Waals surface area (Å²) in [6.45, 7) is 48.8. The van der Waals surface area contributed by atoms with E-state index in [1.54, 1.807) is 108 Å². The lowest BCUT2D eigenvalue weighted by molar-refractivity contribution is -0.0427. The van der Waals surface area contributed by atoms with Crippen molar-refractivity contribution in [1.29, 1.82) is 0 Å². The molecule has 4 saturated heterocycles. The molecule has 12 heterocycles. The largest absolute Gasteiger partial charge is 0.409 e. The summed E-state index contributed by atoms with van der Waals surface area (Å²) >= 11 is 22.9. The number of anilines is 4. The van der Waals surface area contributed by atoms with Gasteiger partial charge >= 0.3 is 0 Å². The number of nitrogens with two attached hydrogens (primary N) is 1. The highest BCUT2D eigenvalue weighted by atomic mass is 32.5. The smallest absolute Gasteiger partial charge is 0.259 e. The molecule has 0 spiro atoms. The Morgan fingerprint density at radius 2 is 0.688 bits per heavy atom. The van der Waals surface area contributed by atoms with Gasteiger partial charge in [0.05, 0.1) is 70.0 Å². The van der Waals surface area contributed by atoms with E-state index >= 15 is 0 Å². The number of nitrogens with one attached hydrogen (secondary N) is 2. The van der Waals surface area contributed by atoms with Crippen LogP contribution in [0.4, 0.5) is 23.3 Å². The van der Waals surface area contributed by atoms with Crippen LogP contribution in [0.25, 0.3) is 44.7 Å². The minimum Gasteiger partial charge on any atom is -0.409 e. The molecule has 144 heavy (non-hydrogen) atoms. The molecule has 4 aromatic carbocycles. The Balaban J connectivity index is 0.000000217. The summed E-state index contributed by atoms with van der Waals surface area (Å²) in [5.41, 5.74) is 12.7. The average Bonchev–Trinajstić information content (AvgIpc) is 2.42. The monoisotopic (exact) mass is 2140 g/mol. The molecule has 0 radical (unpaired) electrons. The van der Waals surface area contributed by atoms with Crippen molar-refractivity contribution in [2.75, 3.05) is 85.5 Å². The molecular weight excluding hydrogens is 2020 g/mol. The third-order valence-corrected chi connectivity index (χ3v) is 41.3. The molecule has 4 fully saturated rings. The fraction of sp³-hybridized carbons (Fsp3) is 0.423. The van der Waals surface area contributed by atoms with Crippen molar-refractivity contribution in [2.45, 2.75) is 178 Å². The molecule has 8 aromatic heterocycles. The van der Waals surface area contributed by atoms with Crippen LogP contribution in [0.5, 0.6) is 0 Å². The maximum absolute atomic E-state index is 13.9. The molecule has 0 bridgehead atoms. The second-order valence-electron chi connectivity index (χ2n) is 38.8. The SMILES string of the molecule is C=CCN(C(=O)c1ccccc1)c1ncnc2c1ncn2C1O[C@H](COP=S)[C@@H](NP(C)(=S)OC[C@H]2O[C@@H](n3cnc4c(N(CC=C)C(=O)c5ccccc5)ncnc43)[C@H](O[Si](C)(C)C(C)(C)C)[C@@H]2C)[C@H]1C.C=CCN(C(=O)c1ccccc1)c1ncnc2c1ncn2C1O[C@H](COP=S)[C@@H](NP(C)(=S)OC[C@H]2O[C@@H](n3cnc4c(N(CC=C)C(=O)c5ccccc5)ncnc43)[C@H](O[Si](C)(C)C(C)(C)C)[C@@H]2N)[C@H]1C. The number of nitrogens with zero attached hydrogens (tertiary/aromatic N) is 20. The van der Waals surface area contributed by atoms with Gasteiger partial charge in [0.2, 0.25) is 0 Å². The molecule has 760 valence electrons. The molecule has 16 rings (SSSR count). The van der Waals surface area contributed by atoms with Crippen LogP contribution in [0.15, 0.2) is 223 Å². The molecule has 0 saturated carbocycles. The van der Waals surface area contributed by atoms with Crippen molar-refractivity contribution < 1.29 is 65.1 Å². The summed E-state index contributed by atoms with van der Waals surface area (Å²) in [7, 11) is -4.21. The number of amides is 4. The molecule has 4 unspecified atom stereocenters. The van der Waals surface area contributed by atoms with Gasteiger partial charge in [-0.3, -0.25) is 67.2 Å². The van der Waals surface area contributed by atoms with Gasteiger partial charge < -0.3 is 51.6 Å². The number of carbonyl (C=O) groups is 4. The molecule has 37 nitrogen and oxygen atoms in total. The lowest BCUT2D eigenvalue weighted by Gasteiger charge is -2.40. The zero-order chi connectivity index (χ0) is 103. The molecular formula is C97H121N23O14P4S4Si2. The molecule has 4 aliphatic heterocycles. The van der Waals surface area contributed by atoms with Crippen LogP contribution in [0, 0.1) is 17.8 Å². The van der Waals surface area contributed by atoms with E-state index < -0.39 is 97.0 Å². The van der Waals surface area contributed by atoms with E-state index in [0.717, 1.165) is 0 Å². The highest BCUT2D eigenvalue weighted by Crippen LogP contribution is 2.52. The first-order chi connectivity index (χ1) is 68.8. The summed E-state index contributed by atoms with van der Waals surface area (Å²) in [4.78, 5) is 117. The fourth-order valence-corrected chi connectivity index (χ4v) is 25.0. The van der Waals surface area contributed by atoms with Gasteiger partial charge in [-0.15, -0.1) is 26.3 Å². The number of rotatable bonds is 40. The van der Waals surface area contributed by atoms with Crippen molar-refractivity contribution >= 4 is 183 Å². The third-order valence-electron chi connectivity index (χ3n) is 27.1. The van der Waals surface area contributed by atoms with Crippen molar-refractivity contribution in [1.82, 2.24) is 88.3 Å². The summed E-state index contributed by atoms with van der Waals surface area (Å²) in [6.07, 6.45) is 7.40. The lowest BCUT2D eigenvalue weighted by atomic mass is 10.00. The van der Waals surface area contributed by atoms with Crippen LogP contribution < -0.4 is 35.5 Å². The first-order valence-electron chi connectivity index (χ1n) is 47.0. The Morgan fingerprint density at radius 3 is 0.979 bits per heavy atom. The Kier molecular flexibility index (Phi) is 34.8. The van der Waals surface area contributed by atoms with Crippen LogP contribution in [0.2, 0.25) is 36.3 Å². The Morgan fingerprint density at radius 1 is 0.417 bits per heavy atom. The van der Waals surface area contributed by atoms with E-state index in [1.165, 1.54) is 40.0 Å². The second-order valence-corrected chi connectivity index (χ2v) is 58.6. The summed E-state index contributed by atoms with van der Waals surface area (Å²) in [6, 6.07) is 34.6. The Hall–Kier alpha value is -9.83. The van der Waals surface area contributed by atoms with E-state index in [-0.39, 0.29) is 116 Å². The van der Waals surface area contributed by atoms with Crippen molar-refractivity contribution in [3.05, 3.63) is 245 Å². The number of ether oxygens (including phenoxy) is 4. The lowest BCUT2D eigenvalue weighted by Crippen LogP contribution is -2.51. The summed E-state index contributed by atoms with van der Waals surface area (Å²) < 4.78 is 74.0. The molecule has 12 aromatic rings. The predicted octanol–water partition coefficient (Wildman–Crippen LogP) is 16.8. The number of imidazole rings is 4. The minimum absolute atomic E-state index is 0.0352. The molecule has 18 atom stereocenters. The Labute approximate surface area is 862 Å². The van der Waals surface area contributed by atoms with Gasteiger partial charge in [-0.05, 0) is 108 Å². The van der Waals surface area contributed by atoms with Crippen LogP contribution >= 0.6 is 28.0 Å². The zero-order valence-electron chi connectivity index (χ0n) is 82.9. The number of aromatic nitrogens is 16. The van der Waals surface area contributed by atoms with Crippen molar-refractivity contribution in [3.63, 3.8) is 0 Å². The minimum atomic E-state index is -2.85. The van der Waals surface area contributed by atoms with Gasteiger partial charge in [0, 0.05) is 91.6 Å². The third kappa shape index (κ3) is 23.3. The normalized spacial score (nSPS) is 23.3. The Bertz CT molecular complexity index is 6360. The summed E-state index contributed by atoms with van der Waals surface area (Å²) in [5.74, 6) is -0.251. The zero-order valence-corrected chi connectivity index (χ0v) is 91.7. The second kappa shape index (κ2) is 46.3. The highest BCUT2D eigenvalue weighted by molar-refractivity contribution is 8.11. The number of carbonyl (C=O) groups excluding carboxylic acids is 4. The molecule has 4 amide bonds. The molecule has 0 aliphatic carbocycles. The van der Waals surface area contributed by atoms with E-state index in [9.17, 15) is 19.2 Å². The molecule has 47 heteroatoms. The van der Waals surface area contributed by atoms with Gasteiger partial charge in [-0.1, -0.05) is 183 Å². The van der Waals surface area contributed by atoms with Gasteiger partial charge in [0.1, 0.15) is 90.2 Å². The van der Waals surface area contributed by atoms with Crippen molar-refractivity contribution in [2.24, 2.45) is 23.5 Å². The number of benzene rings is 4. The van der Waals surface area contributed by atoms with Crippen LogP contribution in [-0.2, 0) is 93.1 Å². The predicted molar refractivity (Wildman–Crippen MR) is 576 cm³/mol. The number of fused-ring (bicyclic) bond motifs is 4. The fourth-order valence-electron chi connectivity index (χ4n) is 17.5. The first-order valence-corrected chi connectivity index (χ1v) is 62.8. The average molecular weight is 2140 g/mol. The maximum atomic E-state index is 13.9. The maximum Gasteiger partial charge on any atom is 0.259 e. The van der Waals surface area contributed by atoms with Crippen molar-refractivity contribution in [3.8, 4) is 0 Å². The van der Waals surface area contributed by atoms with E-state index in [1.807, 2.05) is 107 Å². The van der Waals surface area contributed by atoms with Gasteiger partial charge in [-0.2, -0.15) is 0 Å². The topological polar surface area (TPSA) is 398 Å². The van der Waals surface area contributed by atoms with Crippen LogP contribution in [-0.4, -0.2) is 239 Å². The quantitative estimate of drug-likeness (QED) is 0.0182. The number of hydrogen-bond acceptors (Lipinski definition) is 31. The van der Waals surface area contributed by atoms with Crippen LogP contribution in [0.1, 0.15) is 129 Å². The molecule has 4 aliphatic rings. The van der Waals surface area contributed by atoms with Gasteiger partial charge in [0.15, 0.2) is 97.0 Å². The highest BCUT2D eigenvalue weighted by Gasteiger charge is 2.54. The van der Waals surface area contributed by atoms with Gasteiger partial charge in [0.25, 0.3) is 23.6 Å².